The number of carbonyl (C=O) groups excluding carboxylic acids is 1. The number of aromatic nitrogens is 1. The van der Waals surface area contributed by atoms with Crippen LogP contribution >= 0.6 is 0 Å². The van der Waals surface area contributed by atoms with Gasteiger partial charge in [0.15, 0.2) is 0 Å². The van der Waals surface area contributed by atoms with E-state index in [9.17, 15) is 4.79 Å². The van der Waals surface area contributed by atoms with Crippen molar-refractivity contribution >= 4 is 11.7 Å². The van der Waals surface area contributed by atoms with Gasteiger partial charge in [0.25, 0.3) is 5.91 Å². The van der Waals surface area contributed by atoms with Crippen LogP contribution in [-0.2, 0) is 17.9 Å². The first kappa shape index (κ1) is 20.5. The minimum atomic E-state index is -0.264. The number of nitrogens with one attached hydrogen (secondary N) is 1. The first-order chi connectivity index (χ1) is 13.1. The highest BCUT2D eigenvalue weighted by Crippen LogP contribution is 2.15. The predicted octanol–water partition coefficient (Wildman–Crippen LogP) is 3.48. The number of nitrogens with two attached hydrogens (primary N) is 1. The topological polar surface area (TPSA) is 86.5 Å². The van der Waals surface area contributed by atoms with Crippen molar-refractivity contribution in [1.82, 2.24) is 10.3 Å². The van der Waals surface area contributed by atoms with E-state index < -0.39 is 0 Å². The van der Waals surface area contributed by atoms with Crippen molar-refractivity contribution in [2.45, 2.75) is 32.9 Å². The Bertz CT molecular complexity index is 775. The Morgan fingerprint density at radius 1 is 1.26 bits per heavy atom. The summed E-state index contributed by atoms with van der Waals surface area (Å²) in [5, 5.41) is 2.86. The fraction of sp³-hybridized carbons (Fsp3) is 0.333. The maximum absolute atomic E-state index is 12.4. The standard InChI is InChI=1S/C21H27N3O3/c1-3-4-5-6-12-27-18-9-7-8-16(13-18)14-23-21(25)19-11-10-17(15-26-2)24-20(19)22/h4-5,7-11,13H,3,6,12,14-15H2,1-2H3,(H2,22,24)(H,23,25). The average Bonchev–Trinajstić information content (AvgIpc) is 2.67. The second-order valence-corrected chi connectivity index (χ2v) is 6.02. The molecule has 0 radical (unpaired) electrons. The van der Waals surface area contributed by atoms with Crippen molar-refractivity contribution in [3.8, 4) is 5.75 Å². The van der Waals surface area contributed by atoms with Crippen LogP contribution in [0.1, 0.15) is 41.4 Å². The number of nitrogens with zero attached hydrogens (tertiary/aromatic N) is 1. The molecule has 2 rings (SSSR count). The van der Waals surface area contributed by atoms with Crippen molar-refractivity contribution in [2.24, 2.45) is 0 Å². The van der Waals surface area contributed by atoms with Crippen LogP contribution in [0.2, 0.25) is 0 Å². The van der Waals surface area contributed by atoms with Gasteiger partial charge in [-0.1, -0.05) is 31.2 Å². The quantitative estimate of drug-likeness (QED) is 0.495. The number of amides is 1. The Kier molecular flexibility index (Phi) is 8.32. The number of ether oxygens (including phenoxy) is 2. The number of hydrogen-bond donors (Lipinski definition) is 2. The van der Waals surface area contributed by atoms with Gasteiger partial charge in [0, 0.05) is 13.7 Å². The van der Waals surface area contributed by atoms with Gasteiger partial charge in [0.1, 0.15) is 11.6 Å². The van der Waals surface area contributed by atoms with E-state index >= 15 is 0 Å². The lowest BCUT2D eigenvalue weighted by atomic mass is 10.2. The molecule has 6 heteroatoms. The van der Waals surface area contributed by atoms with E-state index in [4.69, 9.17) is 15.2 Å². The van der Waals surface area contributed by atoms with Crippen LogP contribution in [0.4, 0.5) is 5.82 Å². The molecule has 2 aromatic rings. The molecule has 0 unspecified atom stereocenters. The minimum absolute atomic E-state index is 0.194. The SMILES string of the molecule is CCC=CCCOc1cccc(CNC(=O)c2ccc(COC)nc2N)c1. The molecule has 0 aliphatic carbocycles. The Hall–Kier alpha value is -2.86. The third kappa shape index (κ3) is 6.75. The molecule has 0 aliphatic heterocycles. The van der Waals surface area contributed by atoms with Gasteiger partial charge in [-0.3, -0.25) is 4.79 Å². The Morgan fingerprint density at radius 2 is 2.11 bits per heavy atom. The normalized spacial score (nSPS) is 10.9. The molecule has 1 aromatic carbocycles. The molecule has 0 saturated carbocycles. The maximum Gasteiger partial charge on any atom is 0.255 e. The van der Waals surface area contributed by atoms with Crippen LogP contribution in [0.25, 0.3) is 0 Å². The number of nitrogen functional groups attached to an aromatic ring is 1. The summed E-state index contributed by atoms with van der Waals surface area (Å²) in [5.74, 6) is 0.719. The van der Waals surface area contributed by atoms with Gasteiger partial charge in [0.2, 0.25) is 0 Å². The number of methoxy groups -OCH3 is 1. The Morgan fingerprint density at radius 3 is 2.85 bits per heavy atom. The van der Waals surface area contributed by atoms with Crippen molar-refractivity contribution < 1.29 is 14.3 Å². The lowest BCUT2D eigenvalue weighted by molar-refractivity contribution is 0.0951. The second kappa shape index (κ2) is 11.0. The summed E-state index contributed by atoms with van der Waals surface area (Å²) in [7, 11) is 1.58. The molecule has 3 N–H and O–H groups in total. The summed E-state index contributed by atoms with van der Waals surface area (Å²) >= 11 is 0. The monoisotopic (exact) mass is 369 g/mol. The molecular formula is C21H27N3O3. The summed E-state index contributed by atoms with van der Waals surface area (Å²) in [6, 6.07) is 11.1. The number of pyridine rings is 1. The average molecular weight is 369 g/mol. The smallest absolute Gasteiger partial charge is 0.255 e. The number of rotatable bonds is 10. The number of hydrogen-bond acceptors (Lipinski definition) is 5. The van der Waals surface area contributed by atoms with Gasteiger partial charge in [0.05, 0.1) is 24.5 Å². The highest BCUT2D eigenvalue weighted by atomic mass is 16.5. The van der Waals surface area contributed by atoms with E-state index in [2.05, 4.69) is 29.4 Å². The largest absolute Gasteiger partial charge is 0.493 e. The molecule has 1 aromatic heterocycles. The fourth-order valence-corrected chi connectivity index (χ4v) is 2.49. The summed E-state index contributed by atoms with van der Waals surface area (Å²) in [5.41, 5.74) is 7.87. The summed E-state index contributed by atoms with van der Waals surface area (Å²) in [6.07, 6.45) is 6.14. The highest BCUT2D eigenvalue weighted by Gasteiger charge is 2.11. The first-order valence-corrected chi connectivity index (χ1v) is 9.03. The molecule has 0 fully saturated rings. The maximum atomic E-state index is 12.4. The molecule has 1 heterocycles. The molecule has 0 saturated heterocycles. The minimum Gasteiger partial charge on any atom is -0.493 e. The Balaban J connectivity index is 1.89. The van der Waals surface area contributed by atoms with Gasteiger partial charge in [-0.2, -0.15) is 0 Å². The molecule has 27 heavy (non-hydrogen) atoms. The van der Waals surface area contributed by atoms with Gasteiger partial charge in [-0.15, -0.1) is 0 Å². The summed E-state index contributed by atoms with van der Waals surface area (Å²) in [4.78, 5) is 16.5. The molecule has 0 bridgehead atoms. The van der Waals surface area contributed by atoms with E-state index in [1.54, 1.807) is 19.2 Å². The van der Waals surface area contributed by atoms with Crippen molar-refractivity contribution in [2.75, 3.05) is 19.5 Å². The zero-order chi connectivity index (χ0) is 19.5. The molecule has 144 valence electrons. The molecule has 6 nitrogen and oxygen atoms in total. The first-order valence-electron chi connectivity index (χ1n) is 9.03. The number of benzene rings is 1. The molecule has 0 spiro atoms. The van der Waals surface area contributed by atoms with Gasteiger partial charge >= 0.3 is 0 Å². The van der Waals surface area contributed by atoms with Crippen LogP contribution in [-0.4, -0.2) is 24.6 Å². The lowest BCUT2D eigenvalue weighted by Crippen LogP contribution is -2.24. The molecule has 0 atom stereocenters. The van der Waals surface area contributed by atoms with E-state index in [1.165, 1.54) is 0 Å². The van der Waals surface area contributed by atoms with E-state index in [1.807, 2.05) is 24.3 Å². The molecule has 1 amide bonds. The van der Waals surface area contributed by atoms with Crippen LogP contribution in [0.5, 0.6) is 5.75 Å². The number of anilines is 1. The van der Waals surface area contributed by atoms with Crippen molar-refractivity contribution in [3.63, 3.8) is 0 Å². The fourth-order valence-electron chi connectivity index (χ4n) is 2.49. The number of allylic oxidation sites excluding steroid dienone is 1. The molecular weight excluding hydrogens is 342 g/mol. The third-order valence-electron chi connectivity index (χ3n) is 3.83. The second-order valence-electron chi connectivity index (χ2n) is 6.02. The van der Waals surface area contributed by atoms with E-state index in [0.717, 1.165) is 24.2 Å². The van der Waals surface area contributed by atoms with Crippen molar-refractivity contribution in [3.05, 3.63) is 65.4 Å². The summed E-state index contributed by atoms with van der Waals surface area (Å²) < 4.78 is 10.7. The Labute approximate surface area is 160 Å². The van der Waals surface area contributed by atoms with Crippen molar-refractivity contribution in [1.29, 1.82) is 0 Å². The van der Waals surface area contributed by atoms with E-state index in [0.29, 0.717) is 31.0 Å². The van der Waals surface area contributed by atoms with Gasteiger partial charge < -0.3 is 20.5 Å². The zero-order valence-electron chi connectivity index (χ0n) is 15.9. The van der Waals surface area contributed by atoms with Crippen LogP contribution in [0, 0.1) is 0 Å². The zero-order valence-corrected chi connectivity index (χ0v) is 15.9. The molecule has 0 aliphatic rings. The summed E-state index contributed by atoms with van der Waals surface area (Å²) in [6.45, 7) is 3.47. The van der Waals surface area contributed by atoms with Gasteiger partial charge in [-0.05, 0) is 42.7 Å². The lowest BCUT2D eigenvalue weighted by Gasteiger charge is -2.10. The van der Waals surface area contributed by atoms with Crippen LogP contribution in [0.3, 0.4) is 0 Å². The van der Waals surface area contributed by atoms with Gasteiger partial charge in [-0.25, -0.2) is 4.98 Å². The number of carbonyl (C=O) groups is 1. The van der Waals surface area contributed by atoms with E-state index in [-0.39, 0.29) is 11.7 Å². The predicted molar refractivity (Wildman–Crippen MR) is 107 cm³/mol. The highest BCUT2D eigenvalue weighted by molar-refractivity contribution is 5.98. The van der Waals surface area contributed by atoms with Crippen LogP contribution < -0.4 is 15.8 Å². The third-order valence-corrected chi connectivity index (χ3v) is 3.83. The van der Waals surface area contributed by atoms with Crippen LogP contribution in [0.15, 0.2) is 48.6 Å².